The van der Waals surface area contributed by atoms with Crippen LogP contribution in [0, 0.1) is 11.8 Å². The minimum Gasteiger partial charge on any atom is -0.297 e. The summed E-state index contributed by atoms with van der Waals surface area (Å²) in [7, 11) is 0. The van der Waals surface area contributed by atoms with Crippen LogP contribution in [0.15, 0.2) is 17.3 Å². The van der Waals surface area contributed by atoms with Crippen LogP contribution in [0.4, 0.5) is 0 Å². The largest absolute Gasteiger partial charge is 0.297 e. The first kappa shape index (κ1) is 12.4. The number of hydrogen-bond donors (Lipinski definition) is 0. The minimum atomic E-state index is 0.0456. The molecule has 2 aromatic heterocycles. The molecule has 19 heavy (non-hydrogen) atoms. The van der Waals surface area contributed by atoms with Gasteiger partial charge in [0.1, 0.15) is 5.52 Å². The van der Waals surface area contributed by atoms with Crippen molar-refractivity contribution in [1.82, 2.24) is 19.3 Å². The van der Waals surface area contributed by atoms with Gasteiger partial charge in [0.15, 0.2) is 5.52 Å². The maximum absolute atomic E-state index is 12.5. The van der Waals surface area contributed by atoms with Crippen LogP contribution in [0.2, 0.25) is 0 Å². The second kappa shape index (κ2) is 4.79. The van der Waals surface area contributed by atoms with Crippen molar-refractivity contribution < 1.29 is 0 Å². The lowest BCUT2D eigenvalue weighted by molar-refractivity contribution is 0.165. The van der Waals surface area contributed by atoms with Gasteiger partial charge in [-0.2, -0.15) is 5.10 Å². The molecule has 1 saturated carbocycles. The van der Waals surface area contributed by atoms with Gasteiger partial charge < -0.3 is 0 Å². The summed E-state index contributed by atoms with van der Waals surface area (Å²) in [4.78, 5) is 16.8. The summed E-state index contributed by atoms with van der Waals surface area (Å²) in [5, 5.41) is 4.20. The van der Waals surface area contributed by atoms with Crippen molar-refractivity contribution in [1.29, 1.82) is 0 Å². The zero-order valence-electron chi connectivity index (χ0n) is 11.5. The van der Waals surface area contributed by atoms with Crippen molar-refractivity contribution in [3.8, 4) is 0 Å². The van der Waals surface area contributed by atoms with Crippen molar-refractivity contribution in [2.24, 2.45) is 11.8 Å². The molecule has 1 aliphatic carbocycles. The summed E-state index contributed by atoms with van der Waals surface area (Å²) in [6.45, 7) is 5.72. The smallest absolute Gasteiger partial charge is 0.279 e. The van der Waals surface area contributed by atoms with E-state index < -0.39 is 0 Å². The fourth-order valence-corrected chi connectivity index (χ4v) is 3.01. The number of nitrogens with zero attached hydrogens (tertiary/aromatic N) is 4. The summed E-state index contributed by atoms with van der Waals surface area (Å²) in [5.74, 6) is 1.50. The molecular weight excluding hydrogens is 240 g/mol. The topological polar surface area (TPSA) is 52.7 Å². The molecule has 5 heteroatoms. The van der Waals surface area contributed by atoms with E-state index in [0.717, 1.165) is 12.5 Å². The van der Waals surface area contributed by atoms with Gasteiger partial charge in [-0.3, -0.25) is 14.0 Å². The first-order valence-electron chi connectivity index (χ1n) is 7.13. The Morgan fingerprint density at radius 3 is 2.79 bits per heavy atom. The molecule has 0 aliphatic heterocycles. The second-order valence-electron chi connectivity index (χ2n) is 5.51. The molecule has 102 valence electrons. The Kier molecular flexibility index (Phi) is 3.12. The number of aromatic nitrogens is 4. The molecule has 3 rings (SSSR count). The lowest BCUT2D eigenvalue weighted by Crippen LogP contribution is -2.32. The van der Waals surface area contributed by atoms with Crippen LogP contribution < -0.4 is 5.56 Å². The molecule has 0 bridgehead atoms. The Hall–Kier alpha value is -1.65. The lowest BCUT2D eigenvalue weighted by Gasteiger charge is -2.34. The molecule has 1 aliphatic rings. The van der Waals surface area contributed by atoms with E-state index in [0.29, 0.717) is 23.5 Å². The van der Waals surface area contributed by atoms with E-state index in [9.17, 15) is 4.79 Å². The number of aryl methyl sites for hydroxylation is 1. The standard InChI is InChI=1S/C14H20N4O/c1-3-10-5-11(6-10)8-17-9-15-12-7-16-18(4-2)13(12)14(17)19/h7,9-11H,3-6,8H2,1-2H3. The Labute approximate surface area is 112 Å². The Morgan fingerprint density at radius 1 is 1.32 bits per heavy atom. The normalized spacial score (nSPS) is 22.6. The summed E-state index contributed by atoms with van der Waals surface area (Å²) in [5.41, 5.74) is 1.38. The highest BCUT2D eigenvalue weighted by Gasteiger charge is 2.28. The number of rotatable bonds is 4. The quantitative estimate of drug-likeness (QED) is 0.845. The van der Waals surface area contributed by atoms with Gasteiger partial charge in [-0.25, -0.2) is 4.98 Å². The van der Waals surface area contributed by atoms with Gasteiger partial charge >= 0.3 is 0 Å². The Balaban J connectivity index is 1.88. The summed E-state index contributed by atoms with van der Waals surface area (Å²) in [6, 6.07) is 0. The van der Waals surface area contributed by atoms with E-state index >= 15 is 0 Å². The SMILES string of the molecule is CCC1CC(Cn2cnc3cnn(CC)c3c2=O)C1. The van der Waals surface area contributed by atoms with E-state index in [4.69, 9.17) is 0 Å². The molecule has 5 nitrogen and oxygen atoms in total. The highest BCUT2D eigenvalue weighted by molar-refractivity contribution is 5.72. The minimum absolute atomic E-state index is 0.0456. The third-order valence-corrected chi connectivity index (χ3v) is 4.28. The Bertz CT molecular complexity index is 636. The first-order valence-corrected chi connectivity index (χ1v) is 7.13. The molecule has 0 aromatic carbocycles. The molecular formula is C14H20N4O. The van der Waals surface area contributed by atoms with Crippen LogP contribution in [0.25, 0.3) is 11.0 Å². The monoisotopic (exact) mass is 260 g/mol. The fourth-order valence-electron chi connectivity index (χ4n) is 3.01. The Morgan fingerprint density at radius 2 is 2.11 bits per heavy atom. The van der Waals surface area contributed by atoms with E-state index in [1.807, 2.05) is 6.92 Å². The van der Waals surface area contributed by atoms with Crippen molar-refractivity contribution in [3.05, 3.63) is 22.9 Å². The third kappa shape index (κ3) is 2.07. The summed E-state index contributed by atoms with van der Waals surface area (Å²) >= 11 is 0. The second-order valence-corrected chi connectivity index (χ2v) is 5.51. The van der Waals surface area contributed by atoms with Crippen LogP contribution in [0.5, 0.6) is 0 Å². The molecule has 0 N–H and O–H groups in total. The van der Waals surface area contributed by atoms with Crippen LogP contribution in [-0.4, -0.2) is 19.3 Å². The maximum Gasteiger partial charge on any atom is 0.279 e. The highest BCUT2D eigenvalue weighted by Crippen LogP contribution is 2.36. The molecule has 0 amide bonds. The number of hydrogen-bond acceptors (Lipinski definition) is 3. The van der Waals surface area contributed by atoms with Gasteiger partial charge in [0.2, 0.25) is 0 Å². The molecule has 0 radical (unpaired) electrons. The zero-order valence-corrected chi connectivity index (χ0v) is 11.5. The van der Waals surface area contributed by atoms with Crippen LogP contribution in [-0.2, 0) is 13.1 Å². The molecule has 0 saturated heterocycles. The van der Waals surface area contributed by atoms with Crippen molar-refractivity contribution in [2.75, 3.05) is 0 Å². The van der Waals surface area contributed by atoms with Gasteiger partial charge in [0, 0.05) is 13.1 Å². The van der Waals surface area contributed by atoms with Crippen LogP contribution in [0.1, 0.15) is 33.1 Å². The summed E-state index contributed by atoms with van der Waals surface area (Å²) < 4.78 is 3.49. The van der Waals surface area contributed by atoms with Gasteiger partial charge in [-0.15, -0.1) is 0 Å². The van der Waals surface area contributed by atoms with E-state index in [2.05, 4.69) is 17.0 Å². The van der Waals surface area contributed by atoms with Crippen molar-refractivity contribution >= 4 is 11.0 Å². The predicted octanol–water partition coefficient (Wildman–Crippen LogP) is 2.05. The van der Waals surface area contributed by atoms with E-state index in [1.54, 1.807) is 21.8 Å². The predicted molar refractivity (Wildman–Crippen MR) is 74.0 cm³/mol. The molecule has 2 heterocycles. The highest BCUT2D eigenvalue weighted by atomic mass is 16.1. The van der Waals surface area contributed by atoms with Crippen LogP contribution >= 0.6 is 0 Å². The fraction of sp³-hybridized carbons (Fsp3) is 0.643. The lowest BCUT2D eigenvalue weighted by atomic mass is 9.73. The average molecular weight is 260 g/mol. The van der Waals surface area contributed by atoms with Crippen molar-refractivity contribution in [2.45, 2.75) is 46.2 Å². The molecule has 0 spiro atoms. The van der Waals surface area contributed by atoms with Crippen molar-refractivity contribution in [3.63, 3.8) is 0 Å². The molecule has 0 unspecified atom stereocenters. The average Bonchev–Trinajstić information content (AvgIpc) is 2.79. The third-order valence-electron chi connectivity index (χ3n) is 4.28. The van der Waals surface area contributed by atoms with E-state index in [-0.39, 0.29) is 5.56 Å². The first-order chi connectivity index (χ1) is 9.22. The van der Waals surface area contributed by atoms with Gasteiger partial charge in [-0.05, 0) is 31.6 Å². The van der Waals surface area contributed by atoms with E-state index in [1.165, 1.54) is 19.3 Å². The van der Waals surface area contributed by atoms with Gasteiger partial charge in [-0.1, -0.05) is 13.3 Å². The summed E-state index contributed by atoms with van der Waals surface area (Å²) in [6.07, 6.45) is 7.08. The molecule has 0 atom stereocenters. The molecule has 2 aromatic rings. The van der Waals surface area contributed by atoms with Gasteiger partial charge in [0.25, 0.3) is 5.56 Å². The molecule has 1 fully saturated rings. The number of fused-ring (bicyclic) bond motifs is 1. The van der Waals surface area contributed by atoms with Gasteiger partial charge in [0.05, 0.1) is 12.5 Å². The van der Waals surface area contributed by atoms with Crippen LogP contribution in [0.3, 0.4) is 0 Å². The zero-order chi connectivity index (χ0) is 13.4. The maximum atomic E-state index is 12.5.